The highest BCUT2D eigenvalue weighted by Gasteiger charge is 2.35. The first-order valence-corrected chi connectivity index (χ1v) is 5.95. The molecular formula is C11H10ClF3N2O4. The molecule has 0 aliphatic rings. The maximum Gasteiger partial charge on any atom is 0.406 e. The van der Waals surface area contributed by atoms with Gasteiger partial charge in [-0.05, 0) is 6.07 Å². The van der Waals surface area contributed by atoms with Crippen LogP contribution in [0, 0.1) is 10.1 Å². The van der Waals surface area contributed by atoms with Gasteiger partial charge in [0, 0.05) is 12.6 Å². The smallest absolute Gasteiger partial charge is 0.395 e. The summed E-state index contributed by atoms with van der Waals surface area (Å²) in [5, 5.41) is 19.3. The molecule has 0 fully saturated rings. The first-order chi connectivity index (χ1) is 9.67. The highest BCUT2D eigenvalue weighted by Crippen LogP contribution is 2.28. The standard InChI is InChI=1S/C11H10ClF3N2O4/c12-7-2-1-3-8(17(20)21)9(7)10(19)16(4-5-18)6-11(13,14)15/h1-3,18H,4-6H2. The number of hydrogen-bond acceptors (Lipinski definition) is 4. The number of carbonyl (C=O) groups is 1. The third kappa shape index (κ3) is 4.57. The first-order valence-electron chi connectivity index (χ1n) is 5.57. The van der Waals surface area contributed by atoms with E-state index in [1.807, 2.05) is 0 Å². The largest absolute Gasteiger partial charge is 0.406 e. The molecule has 116 valence electrons. The average Bonchev–Trinajstić information content (AvgIpc) is 2.35. The Morgan fingerprint density at radius 1 is 1.43 bits per heavy atom. The molecule has 0 heterocycles. The normalized spacial score (nSPS) is 11.3. The van der Waals surface area contributed by atoms with Crippen LogP contribution in [0.1, 0.15) is 10.4 Å². The molecule has 1 aromatic carbocycles. The molecule has 10 heteroatoms. The molecule has 0 saturated heterocycles. The lowest BCUT2D eigenvalue weighted by Gasteiger charge is -2.23. The van der Waals surface area contributed by atoms with Crippen LogP contribution in [0.25, 0.3) is 0 Å². The second-order valence-electron chi connectivity index (χ2n) is 3.96. The summed E-state index contributed by atoms with van der Waals surface area (Å²) in [6.45, 7) is -2.99. The fourth-order valence-corrected chi connectivity index (χ4v) is 1.87. The highest BCUT2D eigenvalue weighted by molar-refractivity contribution is 6.34. The minimum absolute atomic E-state index is 0.258. The van der Waals surface area contributed by atoms with Crippen LogP contribution in [0.2, 0.25) is 5.02 Å². The average molecular weight is 327 g/mol. The minimum Gasteiger partial charge on any atom is -0.395 e. The van der Waals surface area contributed by atoms with E-state index < -0.39 is 48.0 Å². The molecule has 21 heavy (non-hydrogen) atoms. The van der Waals surface area contributed by atoms with Crippen molar-refractivity contribution in [2.24, 2.45) is 0 Å². The van der Waals surface area contributed by atoms with Crippen LogP contribution in [0.3, 0.4) is 0 Å². The van der Waals surface area contributed by atoms with Crippen molar-refractivity contribution in [2.45, 2.75) is 6.18 Å². The summed E-state index contributed by atoms with van der Waals surface area (Å²) in [5.41, 5.74) is -1.33. The van der Waals surface area contributed by atoms with E-state index in [9.17, 15) is 28.1 Å². The number of hydrogen-bond donors (Lipinski definition) is 1. The maximum atomic E-state index is 12.4. The molecule has 1 aromatic rings. The second kappa shape index (κ2) is 6.72. The number of aliphatic hydroxyl groups excluding tert-OH is 1. The zero-order chi connectivity index (χ0) is 16.2. The predicted molar refractivity (Wildman–Crippen MR) is 67.2 cm³/mol. The van der Waals surface area contributed by atoms with Crippen molar-refractivity contribution in [3.8, 4) is 0 Å². The van der Waals surface area contributed by atoms with Gasteiger partial charge in [0.1, 0.15) is 12.1 Å². The number of nitro groups is 1. The van der Waals surface area contributed by atoms with E-state index in [1.165, 1.54) is 6.07 Å². The summed E-state index contributed by atoms with van der Waals surface area (Å²) in [6.07, 6.45) is -4.71. The summed E-state index contributed by atoms with van der Waals surface area (Å²) in [6, 6.07) is 3.33. The number of rotatable bonds is 5. The van der Waals surface area contributed by atoms with Gasteiger partial charge in [-0.2, -0.15) is 13.2 Å². The molecule has 6 nitrogen and oxygen atoms in total. The third-order valence-corrected chi connectivity index (χ3v) is 2.74. The SMILES string of the molecule is O=C(c1c(Cl)cccc1[N+](=O)[O-])N(CCO)CC(F)(F)F. The van der Waals surface area contributed by atoms with Gasteiger partial charge in [0.2, 0.25) is 0 Å². The number of amides is 1. The molecule has 0 aliphatic heterocycles. The van der Waals surface area contributed by atoms with Crippen LogP contribution in [0.4, 0.5) is 18.9 Å². The molecule has 0 radical (unpaired) electrons. The Bertz CT molecular complexity index is 551. The zero-order valence-electron chi connectivity index (χ0n) is 10.4. The molecule has 0 bridgehead atoms. The molecule has 1 N–H and O–H groups in total. The Kier molecular flexibility index (Phi) is 5.50. The number of nitrogens with zero attached hydrogens (tertiary/aromatic N) is 2. The summed E-state index contributed by atoms with van der Waals surface area (Å²) in [5.74, 6) is -1.27. The Morgan fingerprint density at radius 2 is 2.05 bits per heavy atom. The number of alkyl halides is 3. The number of aliphatic hydroxyl groups is 1. The quantitative estimate of drug-likeness (QED) is 0.664. The van der Waals surface area contributed by atoms with Crippen molar-refractivity contribution < 1.29 is 28.0 Å². The van der Waals surface area contributed by atoms with Crippen LogP contribution >= 0.6 is 11.6 Å². The molecular weight excluding hydrogens is 317 g/mol. The Morgan fingerprint density at radius 3 is 2.52 bits per heavy atom. The van der Waals surface area contributed by atoms with Gasteiger partial charge in [-0.15, -0.1) is 0 Å². The lowest BCUT2D eigenvalue weighted by atomic mass is 10.1. The maximum absolute atomic E-state index is 12.4. The molecule has 1 rings (SSSR count). The number of halogens is 4. The third-order valence-electron chi connectivity index (χ3n) is 2.43. The first kappa shape index (κ1) is 17.2. The van der Waals surface area contributed by atoms with E-state index in [-0.39, 0.29) is 9.92 Å². The van der Waals surface area contributed by atoms with E-state index in [1.54, 1.807) is 0 Å². The number of benzene rings is 1. The summed E-state index contributed by atoms with van der Waals surface area (Å²) < 4.78 is 37.3. The molecule has 1 amide bonds. The Labute approximate surface area is 121 Å². The Hall–Kier alpha value is -1.87. The molecule has 0 spiro atoms. The van der Waals surface area contributed by atoms with Gasteiger partial charge in [-0.1, -0.05) is 17.7 Å². The molecule has 0 unspecified atom stereocenters. The van der Waals surface area contributed by atoms with E-state index in [0.29, 0.717) is 0 Å². The van der Waals surface area contributed by atoms with Crippen molar-refractivity contribution >= 4 is 23.2 Å². The van der Waals surface area contributed by atoms with Crippen molar-refractivity contribution in [1.29, 1.82) is 0 Å². The van der Waals surface area contributed by atoms with Gasteiger partial charge < -0.3 is 10.0 Å². The highest BCUT2D eigenvalue weighted by atomic mass is 35.5. The van der Waals surface area contributed by atoms with Crippen LogP contribution in [0.5, 0.6) is 0 Å². The Balaban J connectivity index is 3.24. The van der Waals surface area contributed by atoms with Gasteiger partial charge in [-0.3, -0.25) is 14.9 Å². The van der Waals surface area contributed by atoms with Gasteiger partial charge in [0.25, 0.3) is 11.6 Å². The summed E-state index contributed by atoms with van der Waals surface area (Å²) in [4.78, 5) is 22.3. The lowest BCUT2D eigenvalue weighted by Crippen LogP contribution is -2.41. The van der Waals surface area contributed by atoms with Gasteiger partial charge in [-0.25, -0.2) is 0 Å². The van der Waals surface area contributed by atoms with Crippen LogP contribution in [-0.2, 0) is 0 Å². The molecule has 0 atom stereocenters. The molecule has 0 saturated carbocycles. The van der Waals surface area contributed by atoms with Crippen molar-refractivity contribution in [3.63, 3.8) is 0 Å². The van der Waals surface area contributed by atoms with Crippen LogP contribution < -0.4 is 0 Å². The number of nitro benzene ring substituents is 1. The molecule has 0 aliphatic carbocycles. The van der Waals surface area contributed by atoms with Gasteiger partial charge in [0.15, 0.2) is 0 Å². The van der Waals surface area contributed by atoms with Crippen LogP contribution in [0.15, 0.2) is 18.2 Å². The van der Waals surface area contributed by atoms with Crippen molar-refractivity contribution in [2.75, 3.05) is 19.7 Å². The van der Waals surface area contributed by atoms with Gasteiger partial charge >= 0.3 is 6.18 Å². The van der Waals surface area contributed by atoms with Crippen LogP contribution in [-0.4, -0.2) is 46.7 Å². The zero-order valence-corrected chi connectivity index (χ0v) is 11.2. The summed E-state index contributed by atoms with van der Waals surface area (Å²) in [7, 11) is 0. The fourth-order valence-electron chi connectivity index (χ4n) is 1.62. The predicted octanol–water partition coefficient (Wildman–Crippen LogP) is 2.25. The topological polar surface area (TPSA) is 83.7 Å². The molecule has 0 aromatic heterocycles. The van der Waals surface area contributed by atoms with Gasteiger partial charge in [0.05, 0.1) is 16.6 Å². The monoisotopic (exact) mass is 326 g/mol. The van der Waals surface area contributed by atoms with E-state index in [4.69, 9.17) is 16.7 Å². The van der Waals surface area contributed by atoms with E-state index in [0.717, 1.165) is 12.1 Å². The van der Waals surface area contributed by atoms with E-state index in [2.05, 4.69) is 0 Å². The lowest BCUT2D eigenvalue weighted by molar-refractivity contribution is -0.385. The van der Waals surface area contributed by atoms with Crippen molar-refractivity contribution in [3.05, 3.63) is 38.9 Å². The second-order valence-corrected chi connectivity index (χ2v) is 4.36. The fraction of sp³-hybridized carbons (Fsp3) is 0.364. The van der Waals surface area contributed by atoms with E-state index >= 15 is 0 Å². The minimum atomic E-state index is -4.71. The number of carbonyl (C=O) groups excluding carboxylic acids is 1. The summed E-state index contributed by atoms with van der Waals surface area (Å²) >= 11 is 5.69. The van der Waals surface area contributed by atoms with Crippen molar-refractivity contribution in [1.82, 2.24) is 4.90 Å².